The van der Waals surface area contributed by atoms with Gasteiger partial charge in [0.15, 0.2) is 0 Å². The predicted molar refractivity (Wildman–Crippen MR) is 305 cm³/mol. The van der Waals surface area contributed by atoms with Crippen molar-refractivity contribution in [2.45, 2.75) is 367 Å². The number of hydrogen-bond donors (Lipinski definition) is 0. The van der Waals surface area contributed by atoms with E-state index < -0.39 is 5.41 Å². The molecule has 0 bridgehead atoms. The van der Waals surface area contributed by atoms with Crippen LogP contribution >= 0.6 is 0 Å². The normalized spacial score (nSPS) is 17.6. The Hall–Kier alpha value is -1.10. The Bertz CT molecular complexity index is 1030. The summed E-state index contributed by atoms with van der Waals surface area (Å²) in [7, 11) is 0. The second-order valence-corrected chi connectivity index (χ2v) is 23.5. The standard InChI is InChI=1S/C65H126O5/c1-4-6-8-9-10-11-12-13-14-15-16-17-18-19-24-27-30-33-36-39-42-45-48-51-54-57-63(66)69-60-65(3,59-68-58-7-5-2)61-70-64(67)62-55-52-49-46-43-40-37-34-31-28-25-22-20-21-23-26-29-32-35-38-41-44-47-50-53-56-62/h62H,4-61H2,1-3H3. The van der Waals surface area contributed by atoms with E-state index in [0.29, 0.717) is 19.6 Å². The van der Waals surface area contributed by atoms with Crippen molar-refractivity contribution < 1.29 is 23.8 Å². The van der Waals surface area contributed by atoms with Gasteiger partial charge in [-0.25, -0.2) is 0 Å². The van der Waals surface area contributed by atoms with Gasteiger partial charge in [0.25, 0.3) is 0 Å². The van der Waals surface area contributed by atoms with Crippen LogP contribution in [0.15, 0.2) is 0 Å². The fourth-order valence-corrected chi connectivity index (χ4v) is 10.8. The van der Waals surface area contributed by atoms with E-state index in [0.717, 1.165) is 51.4 Å². The molecule has 1 fully saturated rings. The maximum Gasteiger partial charge on any atom is 0.308 e. The summed E-state index contributed by atoms with van der Waals surface area (Å²) in [6.45, 7) is 8.11. The molecule has 0 aliphatic heterocycles. The Balaban J connectivity index is 2.31. The molecule has 1 aliphatic rings. The van der Waals surface area contributed by atoms with Gasteiger partial charge >= 0.3 is 11.9 Å². The van der Waals surface area contributed by atoms with Crippen LogP contribution in [-0.2, 0) is 23.8 Å². The lowest BCUT2D eigenvalue weighted by Crippen LogP contribution is -2.37. The summed E-state index contributed by atoms with van der Waals surface area (Å²) >= 11 is 0. The number of unbranched alkanes of at least 4 members (excludes halogenated alkanes) is 25. The molecule has 0 aromatic rings. The zero-order valence-corrected chi connectivity index (χ0v) is 48.1. The molecule has 1 aliphatic carbocycles. The summed E-state index contributed by atoms with van der Waals surface area (Å²) in [5.41, 5.74) is -0.550. The van der Waals surface area contributed by atoms with Crippen molar-refractivity contribution in [1.82, 2.24) is 0 Å². The van der Waals surface area contributed by atoms with Crippen molar-refractivity contribution in [3.8, 4) is 0 Å². The lowest BCUT2D eigenvalue weighted by Gasteiger charge is -2.29. The minimum Gasteiger partial charge on any atom is -0.465 e. The summed E-state index contributed by atoms with van der Waals surface area (Å²) in [5.74, 6) is -0.219. The van der Waals surface area contributed by atoms with Crippen LogP contribution in [0.5, 0.6) is 0 Å². The van der Waals surface area contributed by atoms with Crippen molar-refractivity contribution in [2.75, 3.05) is 26.4 Å². The minimum atomic E-state index is -0.550. The smallest absolute Gasteiger partial charge is 0.308 e. The van der Waals surface area contributed by atoms with Crippen LogP contribution < -0.4 is 0 Å². The minimum absolute atomic E-state index is 0.0380. The molecule has 0 saturated heterocycles. The summed E-state index contributed by atoms with van der Waals surface area (Å²) in [5, 5.41) is 0. The van der Waals surface area contributed by atoms with Crippen molar-refractivity contribution in [1.29, 1.82) is 0 Å². The fraction of sp³-hybridized carbons (Fsp3) is 0.969. The molecule has 0 aromatic heterocycles. The highest BCUT2D eigenvalue weighted by atomic mass is 16.6. The highest BCUT2D eigenvalue weighted by Crippen LogP contribution is 2.26. The van der Waals surface area contributed by atoms with E-state index in [2.05, 4.69) is 20.8 Å². The summed E-state index contributed by atoms with van der Waals surface area (Å²) < 4.78 is 18.2. The van der Waals surface area contributed by atoms with E-state index in [-0.39, 0.29) is 31.1 Å². The number of hydrogen-bond acceptors (Lipinski definition) is 5. The first-order valence-corrected chi connectivity index (χ1v) is 32.4. The Labute approximate surface area is 439 Å². The van der Waals surface area contributed by atoms with Gasteiger partial charge in [0, 0.05) is 13.0 Å². The monoisotopic (exact) mass is 987 g/mol. The van der Waals surface area contributed by atoms with Gasteiger partial charge in [-0.3, -0.25) is 9.59 Å². The van der Waals surface area contributed by atoms with Gasteiger partial charge < -0.3 is 14.2 Å². The number of carbonyl (C=O) groups is 2. The lowest BCUT2D eigenvalue weighted by molar-refractivity contribution is -0.159. The molecule has 5 nitrogen and oxygen atoms in total. The second kappa shape index (κ2) is 54.2. The third-order valence-corrected chi connectivity index (χ3v) is 15.9. The molecular weight excluding hydrogens is 861 g/mol. The zero-order chi connectivity index (χ0) is 50.4. The summed E-state index contributed by atoms with van der Waals surface area (Å²) in [6.07, 6.45) is 71.2. The summed E-state index contributed by atoms with van der Waals surface area (Å²) in [4.78, 5) is 26.7. The molecule has 0 spiro atoms. The third-order valence-electron chi connectivity index (χ3n) is 15.9. The van der Waals surface area contributed by atoms with Gasteiger partial charge in [-0.15, -0.1) is 0 Å². The molecule has 416 valence electrons. The first-order valence-electron chi connectivity index (χ1n) is 32.4. The van der Waals surface area contributed by atoms with Gasteiger partial charge in [-0.05, 0) is 25.7 Å². The van der Waals surface area contributed by atoms with Crippen LogP contribution in [0.3, 0.4) is 0 Å². The molecule has 1 unspecified atom stereocenters. The first kappa shape index (κ1) is 66.9. The van der Waals surface area contributed by atoms with E-state index in [1.807, 2.05) is 0 Å². The molecule has 1 saturated carbocycles. The quantitative estimate of drug-likeness (QED) is 0.0462. The Morgan fingerprint density at radius 1 is 0.343 bits per heavy atom. The van der Waals surface area contributed by atoms with Crippen LogP contribution in [0.4, 0.5) is 0 Å². The Kier molecular flexibility index (Phi) is 51.8. The molecule has 1 atom stereocenters. The van der Waals surface area contributed by atoms with Gasteiger partial charge in [0.1, 0.15) is 13.2 Å². The molecule has 5 heteroatoms. The summed E-state index contributed by atoms with van der Waals surface area (Å²) in [6, 6.07) is 0. The van der Waals surface area contributed by atoms with Gasteiger partial charge in [0.2, 0.25) is 0 Å². The highest BCUT2D eigenvalue weighted by Gasteiger charge is 2.31. The van der Waals surface area contributed by atoms with Crippen molar-refractivity contribution in [2.24, 2.45) is 11.3 Å². The number of carbonyl (C=O) groups excluding carboxylic acids is 2. The van der Waals surface area contributed by atoms with Crippen LogP contribution in [0.1, 0.15) is 367 Å². The molecule has 0 heterocycles. The average molecular weight is 988 g/mol. The van der Waals surface area contributed by atoms with Gasteiger partial charge in [0.05, 0.1) is 17.9 Å². The van der Waals surface area contributed by atoms with Crippen molar-refractivity contribution in [3.05, 3.63) is 0 Å². The highest BCUT2D eigenvalue weighted by molar-refractivity contribution is 5.72. The topological polar surface area (TPSA) is 61.8 Å². The van der Waals surface area contributed by atoms with Gasteiger partial charge in [-0.1, -0.05) is 335 Å². The fourth-order valence-electron chi connectivity index (χ4n) is 10.8. The largest absolute Gasteiger partial charge is 0.465 e. The molecular formula is C65H126O5. The number of ether oxygens (including phenoxy) is 3. The molecule has 0 amide bonds. The van der Waals surface area contributed by atoms with Crippen LogP contribution in [0.2, 0.25) is 0 Å². The molecule has 1 rings (SSSR count). The van der Waals surface area contributed by atoms with E-state index in [4.69, 9.17) is 14.2 Å². The molecule has 0 aromatic carbocycles. The Morgan fingerprint density at radius 2 is 0.614 bits per heavy atom. The zero-order valence-electron chi connectivity index (χ0n) is 48.1. The van der Waals surface area contributed by atoms with E-state index >= 15 is 0 Å². The lowest BCUT2D eigenvalue weighted by atomic mass is 9.92. The van der Waals surface area contributed by atoms with Crippen LogP contribution in [0, 0.1) is 11.3 Å². The van der Waals surface area contributed by atoms with Crippen molar-refractivity contribution in [3.63, 3.8) is 0 Å². The molecule has 0 N–H and O–H groups in total. The Morgan fingerprint density at radius 3 is 0.929 bits per heavy atom. The van der Waals surface area contributed by atoms with E-state index in [1.54, 1.807) is 0 Å². The predicted octanol–water partition coefficient (Wildman–Crippen LogP) is 21.8. The average Bonchev–Trinajstić information content (AvgIpc) is 3.36. The maximum absolute atomic E-state index is 13.8. The molecule has 0 radical (unpaired) electrons. The number of rotatable bonds is 36. The first-order chi connectivity index (χ1) is 34.5. The van der Waals surface area contributed by atoms with Crippen molar-refractivity contribution >= 4 is 11.9 Å². The van der Waals surface area contributed by atoms with E-state index in [1.165, 1.54) is 289 Å². The van der Waals surface area contributed by atoms with Crippen LogP contribution in [0.25, 0.3) is 0 Å². The van der Waals surface area contributed by atoms with Gasteiger partial charge in [-0.2, -0.15) is 0 Å². The third kappa shape index (κ3) is 47.9. The molecule has 70 heavy (non-hydrogen) atoms. The SMILES string of the molecule is CCCCCCCCCCCCCCCCCCCCCCCCCCCC(=O)OCC(C)(COCCCC)COC(=O)C1CCCCCCCCCCCCCCCCCCCCCCCCCC1. The maximum atomic E-state index is 13.8. The number of esters is 2. The second-order valence-electron chi connectivity index (χ2n) is 23.5. The van der Waals surface area contributed by atoms with Crippen LogP contribution in [-0.4, -0.2) is 38.4 Å². The van der Waals surface area contributed by atoms with E-state index in [9.17, 15) is 9.59 Å².